The van der Waals surface area contributed by atoms with Crippen molar-refractivity contribution >= 4 is 45.9 Å². The molecule has 0 saturated carbocycles. The number of nitrogens with zero attached hydrogens (tertiary/aromatic N) is 4. The summed E-state index contributed by atoms with van der Waals surface area (Å²) in [6, 6.07) is 7.61. The third-order valence-electron chi connectivity index (χ3n) is 4.37. The highest BCUT2D eigenvalue weighted by molar-refractivity contribution is 7.99. The number of carbonyl (C=O) groups is 3. The number of thiophene rings is 1. The van der Waals surface area contributed by atoms with E-state index in [1.807, 2.05) is 31.2 Å². The third kappa shape index (κ3) is 5.94. The number of methoxy groups -OCH3 is 1. The van der Waals surface area contributed by atoms with Gasteiger partial charge in [0.2, 0.25) is 11.1 Å². The summed E-state index contributed by atoms with van der Waals surface area (Å²) >= 11 is 2.05. The average molecular weight is 491 g/mol. The molecule has 0 atom stereocenters. The Morgan fingerprint density at radius 3 is 2.73 bits per heavy atom. The van der Waals surface area contributed by atoms with Crippen molar-refractivity contribution in [3.05, 3.63) is 45.8 Å². The number of nitrogens with two attached hydrogens (primary N) is 1. The maximum Gasteiger partial charge on any atom is 0.341 e. The molecule has 3 aromatic rings. The fourth-order valence-corrected chi connectivity index (χ4v) is 4.61. The van der Waals surface area contributed by atoms with Crippen molar-refractivity contribution in [3.63, 3.8) is 0 Å². The Morgan fingerprint density at radius 2 is 2.03 bits per heavy atom. The number of thioether (sulfide) groups is 1. The van der Waals surface area contributed by atoms with Gasteiger partial charge < -0.3 is 20.5 Å². The van der Waals surface area contributed by atoms with E-state index in [0.717, 1.165) is 34.3 Å². The number of primary amides is 1. The van der Waals surface area contributed by atoms with E-state index in [2.05, 4.69) is 20.8 Å². The van der Waals surface area contributed by atoms with E-state index in [0.29, 0.717) is 10.7 Å². The summed E-state index contributed by atoms with van der Waals surface area (Å²) in [5.41, 5.74) is 7.66. The van der Waals surface area contributed by atoms with Crippen molar-refractivity contribution in [1.82, 2.24) is 20.2 Å². The van der Waals surface area contributed by atoms with Gasteiger partial charge in [-0.25, -0.2) is 4.79 Å². The van der Waals surface area contributed by atoms with Crippen LogP contribution in [-0.2, 0) is 14.3 Å². The number of benzene rings is 1. The van der Waals surface area contributed by atoms with Crippen molar-refractivity contribution in [3.8, 4) is 5.69 Å². The van der Waals surface area contributed by atoms with Gasteiger partial charge >= 0.3 is 5.97 Å². The van der Waals surface area contributed by atoms with Crippen LogP contribution >= 0.6 is 23.1 Å². The predicted molar refractivity (Wildman–Crippen MR) is 123 cm³/mol. The second kappa shape index (κ2) is 11.0. The number of aromatic nitrogens is 4. The van der Waals surface area contributed by atoms with Crippen molar-refractivity contribution in [2.75, 3.05) is 31.4 Å². The SMILES string of the molecule is COCCOC(=O)c1c(NC(=O)CSc2nnnn2-c2cccc(C)c2)sc(C(N)=O)c1C. The minimum atomic E-state index is -0.698. The van der Waals surface area contributed by atoms with Gasteiger partial charge in [0.25, 0.3) is 5.91 Å². The lowest BCUT2D eigenvalue weighted by Gasteiger charge is -2.08. The van der Waals surface area contributed by atoms with Crippen LogP contribution in [0, 0.1) is 13.8 Å². The summed E-state index contributed by atoms with van der Waals surface area (Å²) < 4.78 is 11.6. The molecule has 33 heavy (non-hydrogen) atoms. The number of aryl methyl sites for hydroxylation is 1. The zero-order valence-electron chi connectivity index (χ0n) is 18.2. The summed E-state index contributed by atoms with van der Waals surface area (Å²) in [5.74, 6) is -1.83. The topological polar surface area (TPSA) is 151 Å². The van der Waals surface area contributed by atoms with Crippen molar-refractivity contribution in [2.45, 2.75) is 19.0 Å². The van der Waals surface area contributed by atoms with Crippen LogP contribution in [0.3, 0.4) is 0 Å². The number of carbonyl (C=O) groups excluding carboxylic acids is 3. The number of amides is 2. The van der Waals surface area contributed by atoms with Gasteiger partial charge in [-0.15, -0.1) is 16.4 Å². The van der Waals surface area contributed by atoms with E-state index in [9.17, 15) is 14.4 Å². The Labute approximate surface area is 197 Å². The zero-order valence-corrected chi connectivity index (χ0v) is 19.8. The van der Waals surface area contributed by atoms with Crippen LogP contribution in [0.4, 0.5) is 5.00 Å². The number of esters is 1. The molecule has 2 aromatic heterocycles. The first-order chi connectivity index (χ1) is 15.8. The number of hydrogen-bond acceptors (Lipinski definition) is 10. The Bertz CT molecular complexity index is 1180. The van der Waals surface area contributed by atoms with Gasteiger partial charge in [0.05, 0.1) is 28.5 Å². The molecule has 0 spiro atoms. The molecule has 0 aliphatic heterocycles. The van der Waals surface area contributed by atoms with E-state index in [1.165, 1.54) is 11.8 Å². The van der Waals surface area contributed by atoms with E-state index in [-0.39, 0.29) is 34.4 Å². The van der Waals surface area contributed by atoms with Crippen LogP contribution in [-0.4, -0.2) is 64.1 Å². The van der Waals surface area contributed by atoms with Crippen LogP contribution in [0.1, 0.15) is 31.2 Å². The third-order valence-corrected chi connectivity index (χ3v) is 6.51. The first-order valence-corrected chi connectivity index (χ1v) is 11.5. The molecule has 11 nitrogen and oxygen atoms in total. The van der Waals surface area contributed by atoms with Crippen molar-refractivity contribution < 1.29 is 23.9 Å². The van der Waals surface area contributed by atoms with Crippen LogP contribution < -0.4 is 11.1 Å². The fourth-order valence-electron chi connectivity index (χ4n) is 2.86. The number of nitrogens with one attached hydrogen (secondary N) is 1. The van der Waals surface area contributed by atoms with Crippen LogP contribution in [0.5, 0.6) is 0 Å². The molecule has 0 unspecified atom stereocenters. The van der Waals surface area contributed by atoms with Crippen molar-refractivity contribution in [2.24, 2.45) is 5.73 Å². The maximum atomic E-state index is 12.6. The van der Waals surface area contributed by atoms with Crippen LogP contribution in [0.2, 0.25) is 0 Å². The minimum absolute atomic E-state index is 0.0291. The molecule has 174 valence electrons. The normalized spacial score (nSPS) is 10.8. The quantitative estimate of drug-likeness (QED) is 0.247. The lowest BCUT2D eigenvalue weighted by atomic mass is 10.1. The number of anilines is 1. The van der Waals surface area contributed by atoms with Crippen LogP contribution in [0.15, 0.2) is 29.4 Å². The molecule has 0 bridgehead atoms. The number of hydrogen-bond donors (Lipinski definition) is 2. The smallest absolute Gasteiger partial charge is 0.341 e. The molecule has 13 heteroatoms. The monoisotopic (exact) mass is 490 g/mol. The lowest BCUT2D eigenvalue weighted by Crippen LogP contribution is -2.17. The Hall–Kier alpha value is -3.29. The molecular weight excluding hydrogens is 468 g/mol. The summed E-state index contributed by atoms with van der Waals surface area (Å²) in [5, 5.41) is 14.9. The second-order valence-electron chi connectivity index (χ2n) is 6.80. The molecule has 0 aliphatic carbocycles. The highest BCUT2D eigenvalue weighted by Gasteiger charge is 2.26. The highest BCUT2D eigenvalue weighted by atomic mass is 32.2. The van der Waals surface area contributed by atoms with E-state index >= 15 is 0 Å². The number of tetrazole rings is 1. The standard InChI is InChI=1S/C20H22N6O5S2/c1-11-5-4-6-13(9-11)26-20(23-24-25-26)32-10-14(27)22-18-15(19(29)31-8-7-30-3)12(2)16(33-18)17(21)28/h4-6,9H,7-8,10H2,1-3H3,(H2,21,28)(H,22,27). The van der Waals surface area contributed by atoms with Crippen LogP contribution in [0.25, 0.3) is 5.69 Å². The molecule has 3 N–H and O–H groups in total. The maximum absolute atomic E-state index is 12.6. The molecule has 1 aromatic carbocycles. The number of rotatable bonds is 10. The summed E-state index contributed by atoms with van der Waals surface area (Å²) in [6.07, 6.45) is 0. The molecule has 3 rings (SSSR count). The highest BCUT2D eigenvalue weighted by Crippen LogP contribution is 2.33. The van der Waals surface area contributed by atoms with Gasteiger partial charge in [-0.3, -0.25) is 9.59 Å². The number of ether oxygens (including phenoxy) is 2. The molecular formula is C20H22N6O5S2. The minimum Gasteiger partial charge on any atom is -0.460 e. The summed E-state index contributed by atoms with van der Waals surface area (Å²) in [4.78, 5) is 37.1. The first kappa shape index (κ1) is 24.4. The van der Waals surface area contributed by atoms with Gasteiger partial charge in [0.1, 0.15) is 11.6 Å². The van der Waals surface area contributed by atoms with Gasteiger partial charge in [-0.2, -0.15) is 4.68 Å². The van der Waals surface area contributed by atoms with E-state index in [1.54, 1.807) is 6.92 Å². The van der Waals surface area contributed by atoms with Gasteiger partial charge in [0, 0.05) is 7.11 Å². The van der Waals surface area contributed by atoms with Gasteiger partial charge in [-0.1, -0.05) is 23.9 Å². The molecule has 2 heterocycles. The van der Waals surface area contributed by atoms with E-state index in [4.69, 9.17) is 15.2 Å². The van der Waals surface area contributed by atoms with E-state index < -0.39 is 17.8 Å². The molecule has 0 saturated heterocycles. The summed E-state index contributed by atoms with van der Waals surface area (Å²) in [7, 11) is 1.48. The Kier molecular flexibility index (Phi) is 8.14. The fraction of sp³-hybridized carbons (Fsp3) is 0.300. The molecule has 2 amide bonds. The van der Waals surface area contributed by atoms with Gasteiger partial charge in [-0.05, 0) is 47.5 Å². The van der Waals surface area contributed by atoms with Gasteiger partial charge in [0.15, 0.2) is 0 Å². The predicted octanol–water partition coefficient (Wildman–Crippen LogP) is 1.97. The molecule has 0 radical (unpaired) electrons. The van der Waals surface area contributed by atoms with Crippen molar-refractivity contribution in [1.29, 1.82) is 0 Å². The molecule has 0 aliphatic rings. The zero-order chi connectivity index (χ0) is 24.0. The second-order valence-corrected chi connectivity index (χ2v) is 8.77. The summed E-state index contributed by atoms with van der Waals surface area (Å²) in [6.45, 7) is 3.77. The largest absolute Gasteiger partial charge is 0.460 e. The average Bonchev–Trinajstić information content (AvgIpc) is 3.36. The molecule has 0 fully saturated rings. The Balaban J connectivity index is 1.73. The Morgan fingerprint density at radius 1 is 1.24 bits per heavy atom. The first-order valence-electron chi connectivity index (χ1n) is 9.69. The lowest BCUT2D eigenvalue weighted by molar-refractivity contribution is -0.113.